The molecule has 0 bridgehead atoms. The highest BCUT2D eigenvalue weighted by molar-refractivity contribution is 5.20. The Balaban J connectivity index is 2.05. The van der Waals surface area contributed by atoms with E-state index < -0.39 is 18.2 Å². The molecule has 0 heterocycles. The van der Waals surface area contributed by atoms with Crippen molar-refractivity contribution in [2.75, 3.05) is 0 Å². The normalized spacial score (nSPS) is 69.4. The lowest BCUT2D eigenvalue weighted by Crippen LogP contribution is -2.53. The molecule has 0 spiro atoms. The molecule has 0 heteroatoms. The van der Waals surface area contributed by atoms with E-state index in [-0.39, 0.29) is 36.1 Å². The fraction of sp³-hybridized carbons (Fsp3) is 0.867. The van der Waals surface area contributed by atoms with Crippen molar-refractivity contribution >= 4 is 0 Å². The van der Waals surface area contributed by atoms with Gasteiger partial charge in [0, 0.05) is 5.48 Å². The molecule has 0 radical (unpaired) electrons. The Morgan fingerprint density at radius 3 is 3.07 bits per heavy atom. The van der Waals surface area contributed by atoms with E-state index in [2.05, 4.69) is 0 Å². The van der Waals surface area contributed by atoms with Crippen molar-refractivity contribution in [2.45, 2.75) is 46.4 Å². The maximum absolute atomic E-state index is 8.48. The van der Waals surface area contributed by atoms with E-state index in [0.717, 1.165) is 0 Å². The third kappa shape index (κ3) is 1.04. The van der Waals surface area contributed by atoms with Crippen molar-refractivity contribution in [2.24, 2.45) is 35.0 Å². The van der Waals surface area contributed by atoms with Crippen molar-refractivity contribution in [3.8, 4) is 0 Å². The first-order valence-electron chi connectivity index (χ1n) is 9.09. The van der Waals surface area contributed by atoms with Crippen molar-refractivity contribution < 1.29 is 8.22 Å². The van der Waals surface area contributed by atoms with Gasteiger partial charge in [-0.3, -0.25) is 0 Å². The largest absolute Gasteiger partial charge is 0.0998 e. The van der Waals surface area contributed by atoms with Gasteiger partial charge in [0.1, 0.15) is 0 Å². The lowest BCUT2D eigenvalue weighted by molar-refractivity contribution is -0.0940. The number of hydrogen-bond acceptors (Lipinski definition) is 0. The van der Waals surface area contributed by atoms with Gasteiger partial charge in [-0.2, -0.15) is 0 Å². The summed E-state index contributed by atoms with van der Waals surface area (Å²) in [5.41, 5.74) is 0.169. The SMILES string of the molecule is [2H]C([2H])=C(C)[C@H]1CC([2H])([2H])[C@@]2(C)[C@@H]1[C@@H]1[C@H](C)C([2H])([2H])C[C@@H]12. The van der Waals surface area contributed by atoms with Crippen LogP contribution in [0.5, 0.6) is 0 Å². The summed E-state index contributed by atoms with van der Waals surface area (Å²) in [6.07, 6.45) is -1.72. The van der Waals surface area contributed by atoms with Gasteiger partial charge in [-0.05, 0) is 61.1 Å². The number of fused-ring (bicyclic) bond motifs is 4. The topological polar surface area (TPSA) is 0 Å². The van der Waals surface area contributed by atoms with Crippen LogP contribution in [0.3, 0.4) is 0 Å². The van der Waals surface area contributed by atoms with E-state index in [4.69, 9.17) is 8.22 Å². The van der Waals surface area contributed by atoms with Gasteiger partial charge in [0.15, 0.2) is 0 Å². The lowest BCUT2D eigenvalue weighted by Gasteiger charge is -2.57. The number of hydrogen-bond donors (Lipinski definition) is 0. The quantitative estimate of drug-likeness (QED) is 0.567. The zero-order chi connectivity index (χ0) is 16.0. The van der Waals surface area contributed by atoms with Crippen molar-refractivity contribution in [1.82, 2.24) is 0 Å². The van der Waals surface area contributed by atoms with Crippen molar-refractivity contribution in [1.29, 1.82) is 0 Å². The Morgan fingerprint density at radius 1 is 1.53 bits per heavy atom. The Hall–Kier alpha value is -0.260. The third-order valence-electron chi connectivity index (χ3n) is 5.27. The summed E-state index contributed by atoms with van der Waals surface area (Å²) in [5.74, 6) is 0.232. The summed E-state index contributed by atoms with van der Waals surface area (Å²) in [7, 11) is 0. The van der Waals surface area contributed by atoms with Crippen LogP contribution >= 0.6 is 0 Å². The van der Waals surface area contributed by atoms with E-state index in [0.29, 0.717) is 18.4 Å². The van der Waals surface area contributed by atoms with Gasteiger partial charge in [-0.1, -0.05) is 32.3 Å². The monoisotopic (exact) mass is 210 g/mol. The Kier molecular flexibility index (Phi) is 1.04. The smallest absolute Gasteiger partial charge is 0.0537 e. The van der Waals surface area contributed by atoms with E-state index >= 15 is 0 Å². The number of rotatable bonds is 1. The highest BCUT2D eigenvalue weighted by Gasteiger charge is 2.66. The minimum atomic E-state index is -1.33. The van der Waals surface area contributed by atoms with Crippen LogP contribution in [0.1, 0.15) is 54.6 Å². The molecule has 0 aromatic rings. The summed E-state index contributed by atoms with van der Waals surface area (Å²) in [5, 5.41) is 0. The Labute approximate surface area is 103 Å². The molecule has 0 aromatic carbocycles. The average Bonchev–Trinajstić information content (AvgIpc) is 2.66. The molecule has 3 aliphatic rings. The molecule has 3 aliphatic carbocycles. The second-order valence-corrected chi connectivity index (χ2v) is 5.86. The second-order valence-electron chi connectivity index (χ2n) is 5.86. The zero-order valence-corrected chi connectivity index (χ0v) is 9.80. The molecule has 0 nitrogen and oxygen atoms in total. The van der Waals surface area contributed by atoms with E-state index in [1.807, 2.05) is 13.8 Å². The van der Waals surface area contributed by atoms with Gasteiger partial charge in [0.25, 0.3) is 0 Å². The molecule has 0 unspecified atom stereocenters. The second kappa shape index (κ2) is 2.90. The molecule has 0 aromatic heterocycles. The molecular weight excluding hydrogens is 180 g/mol. The van der Waals surface area contributed by atoms with Gasteiger partial charge in [-0.15, -0.1) is 0 Å². The van der Waals surface area contributed by atoms with Gasteiger partial charge >= 0.3 is 0 Å². The summed E-state index contributed by atoms with van der Waals surface area (Å²) in [6, 6.07) is 0. The van der Waals surface area contributed by atoms with E-state index in [9.17, 15) is 0 Å². The predicted molar refractivity (Wildman–Crippen MR) is 64.5 cm³/mol. The van der Waals surface area contributed by atoms with Crippen molar-refractivity contribution in [3.63, 3.8) is 0 Å². The minimum Gasteiger partial charge on any atom is -0.0998 e. The number of allylic oxidation sites excluding steroid dienone is 1. The summed E-state index contributed by atoms with van der Waals surface area (Å²) in [4.78, 5) is 0. The van der Waals surface area contributed by atoms with Gasteiger partial charge in [0.05, 0.1) is 2.74 Å². The summed E-state index contributed by atoms with van der Waals surface area (Å²) < 4.78 is 48.5. The average molecular weight is 210 g/mol. The van der Waals surface area contributed by atoms with Gasteiger partial charge in [-0.25, -0.2) is 0 Å². The molecule has 0 amide bonds. The predicted octanol–water partition coefficient (Wildman–Crippen LogP) is 4.27. The lowest BCUT2D eigenvalue weighted by atomic mass is 9.47. The highest BCUT2D eigenvalue weighted by Crippen LogP contribution is 2.73. The fourth-order valence-corrected chi connectivity index (χ4v) is 4.45. The molecule has 0 aliphatic heterocycles. The third-order valence-corrected chi connectivity index (χ3v) is 5.27. The highest BCUT2D eigenvalue weighted by atomic mass is 14.7. The van der Waals surface area contributed by atoms with Crippen LogP contribution in [0.15, 0.2) is 12.1 Å². The van der Waals surface area contributed by atoms with Crippen LogP contribution in [0.4, 0.5) is 0 Å². The molecule has 3 rings (SSSR count). The van der Waals surface area contributed by atoms with E-state index in [1.54, 1.807) is 6.92 Å². The van der Waals surface area contributed by atoms with Crippen molar-refractivity contribution in [3.05, 3.63) is 12.1 Å². The fourth-order valence-electron chi connectivity index (χ4n) is 4.45. The molecule has 15 heavy (non-hydrogen) atoms. The molecule has 3 fully saturated rings. The van der Waals surface area contributed by atoms with E-state index in [1.165, 1.54) is 0 Å². The molecule has 0 N–H and O–H groups in total. The molecule has 84 valence electrons. The summed E-state index contributed by atoms with van der Waals surface area (Å²) >= 11 is 0. The molecular formula is C15H24. The van der Waals surface area contributed by atoms with Crippen LogP contribution in [0, 0.1) is 35.0 Å². The molecule has 3 saturated carbocycles. The molecule has 0 saturated heterocycles. The standard InChI is InChI=1S/C15H24/c1-9(2)11-7-8-15(4)12-6-5-10(3)13(12)14(11)15/h10-14H,1,5-8H2,2-4H3/t10-,11-,12+,13-,14+,15-/m1/s1/i1D2,5D2,8D2. The minimum absolute atomic E-state index is 0.0651. The zero-order valence-electron chi connectivity index (χ0n) is 15.8. The van der Waals surface area contributed by atoms with Crippen LogP contribution in [0.25, 0.3) is 0 Å². The van der Waals surface area contributed by atoms with Crippen LogP contribution in [0.2, 0.25) is 0 Å². The molecule has 6 atom stereocenters. The Bertz CT molecular complexity index is 506. The van der Waals surface area contributed by atoms with Gasteiger partial charge in [0.2, 0.25) is 0 Å². The first-order chi connectivity index (χ1) is 9.45. The maximum Gasteiger partial charge on any atom is 0.0537 e. The van der Waals surface area contributed by atoms with Crippen LogP contribution in [-0.4, -0.2) is 0 Å². The van der Waals surface area contributed by atoms with Gasteiger partial charge < -0.3 is 0 Å². The Morgan fingerprint density at radius 2 is 2.33 bits per heavy atom. The summed E-state index contributed by atoms with van der Waals surface area (Å²) in [6.45, 7) is 5.52. The first-order valence-corrected chi connectivity index (χ1v) is 6.09. The van der Waals surface area contributed by atoms with Crippen LogP contribution < -0.4 is 0 Å². The van der Waals surface area contributed by atoms with Crippen LogP contribution in [-0.2, 0) is 0 Å². The maximum atomic E-state index is 8.48. The first kappa shape index (κ1) is 5.38.